The van der Waals surface area contributed by atoms with Gasteiger partial charge in [-0.05, 0) is 48.7 Å². The minimum Gasteiger partial charge on any atom is -0.483 e. The molecule has 0 unspecified atom stereocenters. The van der Waals surface area contributed by atoms with Crippen LogP contribution in [0.25, 0.3) is 0 Å². The normalized spacial score (nSPS) is 9.86. The Labute approximate surface area is 130 Å². The molecule has 4 heteroatoms. The maximum atomic E-state index is 11.9. The van der Waals surface area contributed by atoms with E-state index in [9.17, 15) is 4.79 Å². The molecule has 4 nitrogen and oxygen atoms in total. The maximum absolute atomic E-state index is 11.9. The molecule has 0 fully saturated rings. The van der Waals surface area contributed by atoms with Gasteiger partial charge in [-0.15, -0.1) is 0 Å². The number of carbonyl (C=O) groups excluding carboxylic acids is 1. The van der Waals surface area contributed by atoms with E-state index in [1.807, 2.05) is 44.2 Å². The Morgan fingerprint density at radius 1 is 1.18 bits per heavy atom. The Bertz CT molecular complexity index is 700. The van der Waals surface area contributed by atoms with Crippen LogP contribution in [0.15, 0.2) is 42.5 Å². The lowest BCUT2D eigenvalue weighted by molar-refractivity contribution is -0.118. The smallest absolute Gasteiger partial charge is 0.262 e. The van der Waals surface area contributed by atoms with E-state index >= 15 is 0 Å². The van der Waals surface area contributed by atoms with Crippen molar-refractivity contribution in [1.82, 2.24) is 0 Å². The average Bonchev–Trinajstić information content (AvgIpc) is 2.51. The Morgan fingerprint density at radius 2 is 1.91 bits per heavy atom. The van der Waals surface area contributed by atoms with Crippen LogP contribution in [-0.2, 0) is 11.2 Å². The molecule has 0 heterocycles. The summed E-state index contributed by atoms with van der Waals surface area (Å²) in [4.78, 5) is 11.9. The first kappa shape index (κ1) is 15.6. The lowest BCUT2D eigenvalue weighted by Gasteiger charge is -2.11. The van der Waals surface area contributed by atoms with Gasteiger partial charge in [0.15, 0.2) is 6.61 Å². The second kappa shape index (κ2) is 7.28. The minimum absolute atomic E-state index is 0.0375. The molecule has 2 rings (SSSR count). The summed E-state index contributed by atoms with van der Waals surface area (Å²) in [6.07, 6.45) is 0.365. The van der Waals surface area contributed by atoms with Gasteiger partial charge in [0.2, 0.25) is 0 Å². The molecular weight excluding hydrogens is 276 g/mol. The molecule has 22 heavy (non-hydrogen) atoms. The first-order valence-electron chi connectivity index (χ1n) is 7.05. The largest absolute Gasteiger partial charge is 0.483 e. The second-order valence-corrected chi connectivity index (χ2v) is 5.07. The highest BCUT2D eigenvalue weighted by molar-refractivity contribution is 5.91. The molecule has 0 radical (unpaired) electrons. The van der Waals surface area contributed by atoms with Crippen LogP contribution in [0.2, 0.25) is 0 Å². The Kier molecular flexibility index (Phi) is 5.16. The lowest BCUT2D eigenvalue weighted by atomic mass is 10.1. The van der Waals surface area contributed by atoms with Gasteiger partial charge in [-0.25, -0.2) is 0 Å². The summed E-state index contributed by atoms with van der Waals surface area (Å²) in [6, 6.07) is 15.1. The number of anilines is 1. The Hall–Kier alpha value is -2.80. The predicted octanol–water partition coefficient (Wildman–Crippen LogP) is 3.39. The van der Waals surface area contributed by atoms with Crippen molar-refractivity contribution in [2.75, 3.05) is 11.9 Å². The van der Waals surface area contributed by atoms with Gasteiger partial charge in [-0.3, -0.25) is 4.79 Å². The summed E-state index contributed by atoms with van der Waals surface area (Å²) in [7, 11) is 0. The minimum atomic E-state index is -0.214. The van der Waals surface area contributed by atoms with Gasteiger partial charge in [0.1, 0.15) is 5.75 Å². The van der Waals surface area contributed by atoms with Crippen LogP contribution in [0, 0.1) is 25.2 Å². The maximum Gasteiger partial charge on any atom is 0.262 e. The fourth-order valence-corrected chi connectivity index (χ4v) is 2.02. The lowest BCUT2D eigenvalue weighted by Crippen LogP contribution is -2.20. The van der Waals surface area contributed by atoms with Crippen LogP contribution in [0.3, 0.4) is 0 Å². The second-order valence-electron chi connectivity index (χ2n) is 5.07. The third-order valence-electron chi connectivity index (χ3n) is 3.43. The Balaban J connectivity index is 1.90. The topological polar surface area (TPSA) is 62.1 Å². The predicted molar refractivity (Wildman–Crippen MR) is 85.8 cm³/mol. The van der Waals surface area contributed by atoms with E-state index in [1.165, 1.54) is 0 Å². The number of ether oxygens (including phenoxy) is 1. The van der Waals surface area contributed by atoms with Crippen LogP contribution in [0.5, 0.6) is 5.75 Å². The molecule has 0 saturated heterocycles. The summed E-state index contributed by atoms with van der Waals surface area (Å²) in [6.45, 7) is 3.94. The summed E-state index contributed by atoms with van der Waals surface area (Å²) in [5.74, 6) is 0.508. The van der Waals surface area contributed by atoms with Crippen molar-refractivity contribution in [3.8, 4) is 11.8 Å². The van der Waals surface area contributed by atoms with Crippen molar-refractivity contribution in [3.63, 3.8) is 0 Å². The van der Waals surface area contributed by atoms with Crippen molar-refractivity contribution in [2.24, 2.45) is 0 Å². The number of nitriles is 1. The molecule has 2 aromatic rings. The molecule has 0 aliphatic rings. The highest BCUT2D eigenvalue weighted by Gasteiger charge is 2.06. The third kappa shape index (κ3) is 4.10. The molecule has 0 aromatic heterocycles. The summed E-state index contributed by atoms with van der Waals surface area (Å²) < 4.78 is 5.56. The molecule has 0 bridgehead atoms. The standard InChI is InChI=1S/C18H18N2O2/c1-13-4-3-5-17(14(13)2)22-12-18(21)20-16-8-6-15(7-9-16)10-11-19/h3-9H,10,12H2,1-2H3,(H,20,21). The number of carbonyl (C=O) groups is 1. The molecule has 0 spiro atoms. The molecule has 1 N–H and O–H groups in total. The summed E-state index contributed by atoms with van der Waals surface area (Å²) in [5.41, 5.74) is 3.78. The number of benzene rings is 2. The van der Waals surface area contributed by atoms with Crippen molar-refractivity contribution in [1.29, 1.82) is 5.26 Å². The zero-order valence-corrected chi connectivity index (χ0v) is 12.7. The fraction of sp³-hybridized carbons (Fsp3) is 0.222. The SMILES string of the molecule is Cc1cccc(OCC(=O)Nc2ccc(CC#N)cc2)c1C. The number of hydrogen-bond acceptors (Lipinski definition) is 3. The highest BCUT2D eigenvalue weighted by atomic mass is 16.5. The highest BCUT2D eigenvalue weighted by Crippen LogP contribution is 2.20. The van der Waals surface area contributed by atoms with Gasteiger partial charge in [-0.2, -0.15) is 5.26 Å². The number of aryl methyl sites for hydroxylation is 1. The fourth-order valence-electron chi connectivity index (χ4n) is 2.02. The molecule has 0 atom stereocenters. The van der Waals surface area contributed by atoms with Crippen molar-refractivity contribution in [2.45, 2.75) is 20.3 Å². The van der Waals surface area contributed by atoms with Crippen molar-refractivity contribution >= 4 is 11.6 Å². The van der Waals surface area contributed by atoms with Crippen molar-refractivity contribution < 1.29 is 9.53 Å². The van der Waals surface area contributed by atoms with Crippen LogP contribution < -0.4 is 10.1 Å². The number of rotatable bonds is 5. The van der Waals surface area contributed by atoms with Crippen molar-refractivity contribution in [3.05, 3.63) is 59.2 Å². The van der Waals surface area contributed by atoms with Gasteiger partial charge >= 0.3 is 0 Å². The van der Waals surface area contributed by atoms with Gasteiger partial charge in [0.05, 0.1) is 12.5 Å². The van der Waals surface area contributed by atoms with Crippen LogP contribution in [-0.4, -0.2) is 12.5 Å². The zero-order valence-electron chi connectivity index (χ0n) is 12.7. The average molecular weight is 294 g/mol. The third-order valence-corrected chi connectivity index (χ3v) is 3.43. The van der Waals surface area contributed by atoms with Crippen LogP contribution in [0.4, 0.5) is 5.69 Å². The molecule has 0 aliphatic carbocycles. The molecule has 2 aromatic carbocycles. The molecule has 1 amide bonds. The van der Waals surface area contributed by atoms with E-state index in [-0.39, 0.29) is 12.5 Å². The van der Waals surface area contributed by atoms with Crippen LogP contribution in [0.1, 0.15) is 16.7 Å². The van der Waals surface area contributed by atoms with E-state index in [1.54, 1.807) is 12.1 Å². The van der Waals surface area contributed by atoms with E-state index in [2.05, 4.69) is 11.4 Å². The first-order chi connectivity index (χ1) is 10.6. The number of nitrogens with one attached hydrogen (secondary N) is 1. The van der Waals surface area contributed by atoms with Gasteiger partial charge in [-0.1, -0.05) is 24.3 Å². The Morgan fingerprint density at radius 3 is 2.59 bits per heavy atom. The van der Waals surface area contributed by atoms with Crippen LogP contribution >= 0.6 is 0 Å². The molecule has 0 saturated carbocycles. The monoisotopic (exact) mass is 294 g/mol. The molecule has 112 valence electrons. The number of amides is 1. The van der Waals surface area contributed by atoms with Gasteiger partial charge in [0.25, 0.3) is 5.91 Å². The molecular formula is C18H18N2O2. The van der Waals surface area contributed by atoms with E-state index in [0.29, 0.717) is 12.1 Å². The quantitative estimate of drug-likeness (QED) is 0.919. The van der Waals surface area contributed by atoms with Gasteiger partial charge in [0, 0.05) is 5.69 Å². The van der Waals surface area contributed by atoms with Gasteiger partial charge < -0.3 is 10.1 Å². The summed E-state index contributed by atoms with van der Waals surface area (Å²) in [5, 5.41) is 11.4. The number of nitrogens with zero attached hydrogens (tertiary/aromatic N) is 1. The number of hydrogen-bond donors (Lipinski definition) is 1. The van der Waals surface area contributed by atoms with E-state index in [0.717, 1.165) is 22.4 Å². The zero-order chi connectivity index (χ0) is 15.9. The first-order valence-corrected chi connectivity index (χ1v) is 7.05. The summed E-state index contributed by atoms with van der Waals surface area (Å²) >= 11 is 0. The van der Waals surface area contributed by atoms with E-state index in [4.69, 9.17) is 10.00 Å². The molecule has 0 aliphatic heterocycles. The van der Waals surface area contributed by atoms with E-state index < -0.39 is 0 Å².